The summed E-state index contributed by atoms with van der Waals surface area (Å²) in [6, 6.07) is 15.9. The Morgan fingerprint density at radius 1 is 1.07 bits per heavy atom. The summed E-state index contributed by atoms with van der Waals surface area (Å²) in [7, 11) is 0. The average molecular weight is 387 g/mol. The van der Waals surface area contributed by atoms with E-state index in [0.717, 1.165) is 0 Å². The van der Waals surface area contributed by atoms with Gasteiger partial charge in [0.05, 0.1) is 11.3 Å². The molecule has 29 heavy (non-hydrogen) atoms. The van der Waals surface area contributed by atoms with Crippen molar-refractivity contribution >= 4 is 23.1 Å². The van der Waals surface area contributed by atoms with E-state index in [1.165, 1.54) is 6.07 Å². The van der Waals surface area contributed by atoms with Crippen molar-refractivity contribution < 1.29 is 14.3 Å². The average Bonchev–Trinajstić information content (AvgIpc) is 2.73. The molecule has 3 aromatic rings. The fraction of sp³-hybridized carbons (Fsp3) is 0.143. The molecule has 1 aliphatic heterocycles. The van der Waals surface area contributed by atoms with Gasteiger partial charge in [-0.2, -0.15) is 5.26 Å². The number of aromatic nitrogens is 2. The Hall–Kier alpha value is -4.12. The molecule has 0 aliphatic carbocycles. The number of nitrogens with zero attached hydrogens (tertiary/aromatic N) is 3. The normalized spacial score (nSPS) is 12.0. The zero-order valence-electron chi connectivity index (χ0n) is 15.6. The second kappa shape index (κ2) is 7.86. The summed E-state index contributed by atoms with van der Waals surface area (Å²) in [4.78, 5) is 21.2. The number of aryl methyl sites for hydroxylation is 1. The number of hydrogen-bond donors (Lipinski definition) is 2. The van der Waals surface area contributed by atoms with Crippen LogP contribution in [0.3, 0.4) is 0 Å². The standard InChI is InChI=1S/C21H17N5O3/c1-13-23-17(11-20(24-13)26-16-5-3-2-4-14(16)12-22)21(27)25-15-6-7-18-19(10-15)29-9-8-28-18/h2-7,10-11H,8-9H2,1H3,(H,25,27)(H,23,24,26). The third-order valence-corrected chi connectivity index (χ3v) is 4.18. The van der Waals surface area contributed by atoms with Crippen LogP contribution in [0.1, 0.15) is 21.9 Å². The van der Waals surface area contributed by atoms with Crippen LogP contribution in [-0.2, 0) is 0 Å². The molecule has 0 atom stereocenters. The number of carbonyl (C=O) groups is 1. The number of nitriles is 1. The highest BCUT2D eigenvalue weighted by atomic mass is 16.6. The smallest absolute Gasteiger partial charge is 0.274 e. The van der Waals surface area contributed by atoms with Gasteiger partial charge in [-0.05, 0) is 31.2 Å². The molecule has 2 aromatic carbocycles. The number of rotatable bonds is 4. The number of carbonyl (C=O) groups excluding carboxylic acids is 1. The van der Waals surface area contributed by atoms with Crippen LogP contribution in [0.4, 0.5) is 17.2 Å². The maximum absolute atomic E-state index is 12.7. The molecule has 1 amide bonds. The zero-order chi connectivity index (χ0) is 20.2. The number of anilines is 3. The molecular formula is C21H17N5O3. The predicted octanol–water partition coefficient (Wildman–Crippen LogP) is 3.42. The lowest BCUT2D eigenvalue weighted by molar-refractivity contribution is 0.102. The van der Waals surface area contributed by atoms with Gasteiger partial charge in [-0.25, -0.2) is 9.97 Å². The molecule has 2 N–H and O–H groups in total. The Kier molecular flexibility index (Phi) is 4.95. The minimum Gasteiger partial charge on any atom is -0.486 e. The predicted molar refractivity (Wildman–Crippen MR) is 107 cm³/mol. The van der Waals surface area contributed by atoms with Crippen molar-refractivity contribution in [2.45, 2.75) is 6.92 Å². The van der Waals surface area contributed by atoms with Gasteiger partial charge >= 0.3 is 0 Å². The van der Waals surface area contributed by atoms with Crippen molar-refractivity contribution in [2.75, 3.05) is 23.8 Å². The summed E-state index contributed by atoms with van der Waals surface area (Å²) in [5.41, 5.74) is 1.85. The molecule has 0 radical (unpaired) electrons. The topological polar surface area (TPSA) is 109 Å². The van der Waals surface area contributed by atoms with E-state index in [1.807, 2.05) is 6.07 Å². The molecule has 4 rings (SSSR count). The van der Waals surface area contributed by atoms with Crippen molar-refractivity contribution in [3.8, 4) is 17.6 Å². The Balaban J connectivity index is 1.55. The van der Waals surface area contributed by atoms with E-state index < -0.39 is 0 Å². The van der Waals surface area contributed by atoms with Gasteiger partial charge in [-0.15, -0.1) is 0 Å². The summed E-state index contributed by atoms with van der Waals surface area (Å²) in [5.74, 6) is 1.70. The second-order valence-corrected chi connectivity index (χ2v) is 6.28. The van der Waals surface area contributed by atoms with Crippen LogP contribution in [0, 0.1) is 18.3 Å². The number of para-hydroxylation sites is 1. The highest BCUT2D eigenvalue weighted by Crippen LogP contribution is 2.32. The molecule has 2 heterocycles. The molecule has 144 valence electrons. The van der Waals surface area contributed by atoms with Crippen LogP contribution in [0.5, 0.6) is 11.5 Å². The quantitative estimate of drug-likeness (QED) is 0.706. The molecule has 8 nitrogen and oxygen atoms in total. The molecule has 0 unspecified atom stereocenters. The summed E-state index contributed by atoms with van der Waals surface area (Å²) in [6.07, 6.45) is 0. The van der Waals surface area contributed by atoms with Crippen LogP contribution in [0.15, 0.2) is 48.5 Å². The summed E-state index contributed by atoms with van der Waals surface area (Å²) < 4.78 is 11.0. The van der Waals surface area contributed by atoms with Gasteiger partial charge in [0.1, 0.15) is 36.6 Å². The van der Waals surface area contributed by atoms with Crippen LogP contribution in [0.2, 0.25) is 0 Å². The van der Waals surface area contributed by atoms with Gasteiger partial charge in [-0.3, -0.25) is 4.79 Å². The number of benzene rings is 2. The third kappa shape index (κ3) is 4.09. The number of fused-ring (bicyclic) bond motifs is 1. The lowest BCUT2D eigenvalue weighted by Gasteiger charge is -2.19. The molecule has 0 fully saturated rings. The van der Waals surface area contributed by atoms with E-state index in [2.05, 4.69) is 26.7 Å². The minimum atomic E-state index is -0.385. The lowest BCUT2D eigenvalue weighted by atomic mass is 10.2. The van der Waals surface area contributed by atoms with Crippen molar-refractivity contribution in [1.29, 1.82) is 5.26 Å². The zero-order valence-corrected chi connectivity index (χ0v) is 15.6. The fourth-order valence-corrected chi connectivity index (χ4v) is 2.89. The summed E-state index contributed by atoms with van der Waals surface area (Å²) in [6.45, 7) is 2.67. The first kappa shape index (κ1) is 18.3. The van der Waals surface area contributed by atoms with Gasteiger partial charge in [-0.1, -0.05) is 12.1 Å². The van der Waals surface area contributed by atoms with Gasteiger partial charge < -0.3 is 20.1 Å². The largest absolute Gasteiger partial charge is 0.486 e. The number of nitrogens with one attached hydrogen (secondary N) is 2. The minimum absolute atomic E-state index is 0.198. The lowest BCUT2D eigenvalue weighted by Crippen LogP contribution is -2.17. The van der Waals surface area contributed by atoms with Gasteiger partial charge in [0.2, 0.25) is 0 Å². The Morgan fingerprint density at radius 3 is 2.69 bits per heavy atom. The molecule has 1 aliphatic rings. The SMILES string of the molecule is Cc1nc(Nc2ccccc2C#N)cc(C(=O)Nc2ccc3c(c2)OCCO3)n1. The van der Waals surface area contributed by atoms with Crippen molar-refractivity contribution in [2.24, 2.45) is 0 Å². The van der Waals surface area contributed by atoms with E-state index in [4.69, 9.17) is 9.47 Å². The first-order valence-electron chi connectivity index (χ1n) is 8.95. The van der Waals surface area contributed by atoms with E-state index >= 15 is 0 Å². The van der Waals surface area contributed by atoms with Crippen LogP contribution < -0.4 is 20.1 Å². The van der Waals surface area contributed by atoms with Crippen LogP contribution in [-0.4, -0.2) is 29.1 Å². The summed E-state index contributed by atoms with van der Waals surface area (Å²) in [5, 5.41) is 15.1. The highest BCUT2D eigenvalue weighted by molar-refractivity contribution is 6.03. The Bertz CT molecular complexity index is 1120. The monoisotopic (exact) mass is 387 g/mol. The third-order valence-electron chi connectivity index (χ3n) is 4.18. The Labute approximate surface area is 167 Å². The maximum atomic E-state index is 12.7. The fourth-order valence-electron chi connectivity index (χ4n) is 2.89. The molecule has 0 saturated carbocycles. The number of hydrogen-bond acceptors (Lipinski definition) is 7. The van der Waals surface area contributed by atoms with Crippen LogP contribution >= 0.6 is 0 Å². The number of amides is 1. The molecule has 1 aromatic heterocycles. The van der Waals surface area contributed by atoms with E-state index in [1.54, 1.807) is 43.3 Å². The number of ether oxygens (including phenoxy) is 2. The van der Waals surface area contributed by atoms with E-state index in [-0.39, 0.29) is 11.6 Å². The Morgan fingerprint density at radius 2 is 1.86 bits per heavy atom. The molecular weight excluding hydrogens is 370 g/mol. The van der Waals surface area contributed by atoms with Gasteiger partial charge in [0.25, 0.3) is 5.91 Å². The van der Waals surface area contributed by atoms with Crippen molar-refractivity contribution in [3.05, 3.63) is 65.6 Å². The van der Waals surface area contributed by atoms with Gasteiger partial charge in [0.15, 0.2) is 11.5 Å². The highest BCUT2D eigenvalue weighted by Gasteiger charge is 2.15. The van der Waals surface area contributed by atoms with Crippen molar-refractivity contribution in [3.63, 3.8) is 0 Å². The second-order valence-electron chi connectivity index (χ2n) is 6.28. The molecule has 0 bridgehead atoms. The van der Waals surface area contributed by atoms with E-state index in [0.29, 0.717) is 53.3 Å². The molecule has 0 spiro atoms. The maximum Gasteiger partial charge on any atom is 0.274 e. The van der Waals surface area contributed by atoms with Crippen LogP contribution in [0.25, 0.3) is 0 Å². The first-order valence-corrected chi connectivity index (χ1v) is 8.95. The summed E-state index contributed by atoms with van der Waals surface area (Å²) >= 11 is 0. The van der Waals surface area contributed by atoms with E-state index in [9.17, 15) is 10.1 Å². The van der Waals surface area contributed by atoms with Crippen molar-refractivity contribution in [1.82, 2.24) is 9.97 Å². The molecule has 8 heteroatoms. The molecule has 0 saturated heterocycles. The van der Waals surface area contributed by atoms with Gasteiger partial charge in [0, 0.05) is 17.8 Å². The first-order chi connectivity index (χ1) is 14.1.